The first-order chi connectivity index (χ1) is 7.79. The molecule has 0 amide bonds. The number of hydrogen-bond acceptors (Lipinski definition) is 2. The van der Waals surface area contributed by atoms with Gasteiger partial charge in [0.2, 0.25) is 0 Å². The lowest BCUT2D eigenvalue weighted by Crippen LogP contribution is -2.14. The minimum Gasteiger partial charge on any atom is -0.491 e. The van der Waals surface area contributed by atoms with Crippen molar-refractivity contribution in [3.05, 3.63) is 29.6 Å². The summed E-state index contributed by atoms with van der Waals surface area (Å²) in [6.07, 6.45) is 4.98. The standard InChI is InChI=1S/C13H18FNO/c14-12-8-11(9-15)4-5-13(12)16-7-6-10-2-1-3-10/h4-5,8,10H,1-3,6-7,9,15H2. The molecule has 2 nitrogen and oxygen atoms in total. The second-order valence-corrected chi connectivity index (χ2v) is 4.40. The van der Waals surface area contributed by atoms with Crippen LogP contribution in [0.4, 0.5) is 4.39 Å². The van der Waals surface area contributed by atoms with Gasteiger partial charge in [-0.1, -0.05) is 25.3 Å². The molecule has 1 fully saturated rings. The van der Waals surface area contributed by atoms with E-state index >= 15 is 0 Å². The van der Waals surface area contributed by atoms with Crippen molar-refractivity contribution < 1.29 is 9.13 Å². The zero-order valence-electron chi connectivity index (χ0n) is 9.42. The molecule has 0 saturated heterocycles. The van der Waals surface area contributed by atoms with E-state index in [-0.39, 0.29) is 5.82 Å². The fraction of sp³-hybridized carbons (Fsp3) is 0.538. The average Bonchev–Trinajstić information content (AvgIpc) is 2.23. The lowest BCUT2D eigenvalue weighted by atomic mass is 9.83. The van der Waals surface area contributed by atoms with Gasteiger partial charge < -0.3 is 10.5 Å². The van der Waals surface area contributed by atoms with E-state index in [2.05, 4.69) is 0 Å². The zero-order chi connectivity index (χ0) is 11.4. The van der Waals surface area contributed by atoms with E-state index in [1.807, 2.05) is 6.07 Å². The Morgan fingerprint density at radius 2 is 2.19 bits per heavy atom. The summed E-state index contributed by atoms with van der Waals surface area (Å²) in [6.45, 7) is 0.975. The van der Waals surface area contributed by atoms with Gasteiger partial charge in [0.15, 0.2) is 11.6 Å². The first-order valence-electron chi connectivity index (χ1n) is 5.91. The van der Waals surface area contributed by atoms with Crippen LogP contribution in [0.5, 0.6) is 5.75 Å². The molecule has 0 unspecified atom stereocenters. The number of halogens is 1. The van der Waals surface area contributed by atoms with Crippen LogP contribution in [0.1, 0.15) is 31.2 Å². The monoisotopic (exact) mass is 223 g/mol. The lowest BCUT2D eigenvalue weighted by Gasteiger charge is -2.25. The van der Waals surface area contributed by atoms with E-state index < -0.39 is 0 Å². The third kappa shape index (κ3) is 2.73. The van der Waals surface area contributed by atoms with Crippen LogP contribution < -0.4 is 10.5 Å². The number of benzene rings is 1. The van der Waals surface area contributed by atoms with E-state index in [1.54, 1.807) is 6.07 Å². The van der Waals surface area contributed by atoms with Gasteiger partial charge in [0.25, 0.3) is 0 Å². The minimum atomic E-state index is -0.309. The molecule has 88 valence electrons. The molecule has 0 bridgehead atoms. The van der Waals surface area contributed by atoms with Crippen LogP contribution >= 0.6 is 0 Å². The third-order valence-electron chi connectivity index (χ3n) is 3.24. The number of hydrogen-bond donors (Lipinski definition) is 1. The van der Waals surface area contributed by atoms with E-state index in [4.69, 9.17) is 10.5 Å². The maximum Gasteiger partial charge on any atom is 0.165 e. The number of ether oxygens (including phenoxy) is 1. The average molecular weight is 223 g/mol. The molecule has 1 aliphatic rings. The van der Waals surface area contributed by atoms with Crippen LogP contribution in [-0.2, 0) is 6.54 Å². The van der Waals surface area contributed by atoms with Gasteiger partial charge in [-0.05, 0) is 30.0 Å². The van der Waals surface area contributed by atoms with Gasteiger partial charge in [-0.25, -0.2) is 4.39 Å². The summed E-state index contributed by atoms with van der Waals surface area (Å²) in [5, 5.41) is 0. The molecule has 0 aromatic heterocycles. The van der Waals surface area contributed by atoms with Crippen molar-refractivity contribution in [2.45, 2.75) is 32.2 Å². The highest BCUT2D eigenvalue weighted by molar-refractivity contribution is 5.29. The smallest absolute Gasteiger partial charge is 0.165 e. The largest absolute Gasteiger partial charge is 0.491 e. The van der Waals surface area contributed by atoms with Crippen LogP contribution in [-0.4, -0.2) is 6.61 Å². The van der Waals surface area contributed by atoms with Gasteiger partial charge in [-0.2, -0.15) is 0 Å². The fourth-order valence-electron chi connectivity index (χ4n) is 1.91. The molecule has 1 saturated carbocycles. The second-order valence-electron chi connectivity index (χ2n) is 4.40. The Morgan fingerprint density at radius 3 is 2.75 bits per heavy atom. The quantitative estimate of drug-likeness (QED) is 0.833. The minimum absolute atomic E-state index is 0.309. The summed E-state index contributed by atoms with van der Waals surface area (Å²) in [5.41, 5.74) is 6.22. The molecule has 2 N–H and O–H groups in total. The summed E-state index contributed by atoms with van der Waals surface area (Å²) in [7, 11) is 0. The molecule has 0 atom stereocenters. The van der Waals surface area contributed by atoms with Crippen molar-refractivity contribution in [3.63, 3.8) is 0 Å². The predicted octanol–water partition coefficient (Wildman–Crippen LogP) is 2.85. The Bertz CT molecular complexity index is 350. The van der Waals surface area contributed by atoms with Gasteiger partial charge in [0.1, 0.15) is 0 Å². The highest BCUT2D eigenvalue weighted by atomic mass is 19.1. The maximum absolute atomic E-state index is 13.5. The number of rotatable bonds is 5. The molecule has 3 heteroatoms. The maximum atomic E-state index is 13.5. The summed E-state index contributed by atoms with van der Waals surface area (Å²) in [5.74, 6) is 0.833. The Labute approximate surface area is 95.6 Å². The third-order valence-corrected chi connectivity index (χ3v) is 3.24. The molecule has 1 aromatic rings. The predicted molar refractivity (Wildman–Crippen MR) is 61.7 cm³/mol. The molecule has 16 heavy (non-hydrogen) atoms. The Hall–Kier alpha value is -1.09. The van der Waals surface area contributed by atoms with Gasteiger partial charge >= 0.3 is 0 Å². The second kappa shape index (κ2) is 5.30. The summed E-state index contributed by atoms with van der Waals surface area (Å²) >= 11 is 0. The fourth-order valence-corrected chi connectivity index (χ4v) is 1.91. The van der Waals surface area contributed by atoms with E-state index in [9.17, 15) is 4.39 Å². The molecule has 0 radical (unpaired) electrons. The van der Waals surface area contributed by atoms with Crippen molar-refractivity contribution >= 4 is 0 Å². The van der Waals surface area contributed by atoms with Crippen LogP contribution in [0, 0.1) is 11.7 Å². The van der Waals surface area contributed by atoms with Crippen LogP contribution in [0.3, 0.4) is 0 Å². The molecular formula is C13H18FNO. The van der Waals surface area contributed by atoms with E-state index in [0.717, 1.165) is 17.9 Å². The summed E-state index contributed by atoms with van der Waals surface area (Å²) in [4.78, 5) is 0. The van der Waals surface area contributed by atoms with E-state index in [0.29, 0.717) is 18.9 Å². The lowest BCUT2D eigenvalue weighted by molar-refractivity contribution is 0.216. The van der Waals surface area contributed by atoms with Gasteiger partial charge in [-0.3, -0.25) is 0 Å². The first kappa shape index (κ1) is 11.4. The molecule has 2 rings (SSSR count). The summed E-state index contributed by atoms with van der Waals surface area (Å²) in [6, 6.07) is 4.92. The zero-order valence-corrected chi connectivity index (χ0v) is 9.42. The molecule has 0 heterocycles. The molecule has 0 spiro atoms. The first-order valence-corrected chi connectivity index (χ1v) is 5.91. The van der Waals surface area contributed by atoms with Crippen LogP contribution in [0.25, 0.3) is 0 Å². The van der Waals surface area contributed by atoms with Gasteiger partial charge in [0, 0.05) is 6.54 Å². The van der Waals surface area contributed by atoms with Crippen molar-refractivity contribution in [2.75, 3.05) is 6.61 Å². The topological polar surface area (TPSA) is 35.2 Å². The van der Waals surface area contributed by atoms with Crippen LogP contribution in [0.2, 0.25) is 0 Å². The number of nitrogens with two attached hydrogens (primary N) is 1. The van der Waals surface area contributed by atoms with Gasteiger partial charge in [0.05, 0.1) is 6.61 Å². The highest BCUT2D eigenvalue weighted by Gasteiger charge is 2.17. The Kier molecular flexibility index (Phi) is 3.78. The molecule has 1 aromatic carbocycles. The van der Waals surface area contributed by atoms with Crippen molar-refractivity contribution in [3.8, 4) is 5.75 Å². The normalized spacial score (nSPS) is 15.9. The van der Waals surface area contributed by atoms with Crippen molar-refractivity contribution in [2.24, 2.45) is 11.7 Å². The van der Waals surface area contributed by atoms with Gasteiger partial charge in [-0.15, -0.1) is 0 Å². The SMILES string of the molecule is NCc1ccc(OCCC2CCC2)c(F)c1. The highest BCUT2D eigenvalue weighted by Crippen LogP contribution is 2.29. The molecule has 1 aliphatic carbocycles. The van der Waals surface area contributed by atoms with Crippen LogP contribution in [0.15, 0.2) is 18.2 Å². The van der Waals surface area contributed by atoms with Crippen molar-refractivity contribution in [1.29, 1.82) is 0 Å². The molecular weight excluding hydrogens is 205 g/mol. The summed E-state index contributed by atoms with van der Waals surface area (Å²) < 4.78 is 18.9. The Morgan fingerprint density at radius 1 is 1.38 bits per heavy atom. The molecule has 0 aliphatic heterocycles. The van der Waals surface area contributed by atoms with E-state index in [1.165, 1.54) is 25.3 Å². The Balaban J connectivity index is 1.83. The van der Waals surface area contributed by atoms with Crippen molar-refractivity contribution in [1.82, 2.24) is 0 Å².